The number of aromatic carboxylic acids is 1. The Balaban J connectivity index is 3.15. The van der Waals surface area contributed by atoms with Crippen LogP contribution in [0.25, 0.3) is 0 Å². The van der Waals surface area contributed by atoms with Crippen LogP contribution in [0.1, 0.15) is 17.3 Å². The van der Waals surface area contributed by atoms with Crippen LogP contribution in [0.15, 0.2) is 18.2 Å². The highest BCUT2D eigenvalue weighted by Crippen LogP contribution is 2.24. The number of aliphatic hydroxyl groups is 1. The molecule has 1 aromatic rings. The zero-order chi connectivity index (χ0) is 13.9. The summed E-state index contributed by atoms with van der Waals surface area (Å²) in [5, 5.41) is 28.8. The Kier molecular flexibility index (Phi) is 4.22. The first-order valence-corrected chi connectivity index (χ1v) is 5.24. The second kappa shape index (κ2) is 5.46. The van der Waals surface area contributed by atoms with Crippen LogP contribution in [0.4, 0.5) is 11.4 Å². The van der Waals surface area contributed by atoms with E-state index >= 15 is 0 Å². The van der Waals surface area contributed by atoms with Gasteiger partial charge in [0.15, 0.2) is 0 Å². The lowest BCUT2D eigenvalue weighted by Gasteiger charge is -2.21. The lowest BCUT2D eigenvalue weighted by Crippen LogP contribution is -2.27. The van der Waals surface area contributed by atoms with E-state index in [1.165, 1.54) is 12.1 Å². The largest absolute Gasteiger partial charge is 0.477 e. The van der Waals surface area contributed by atoms with Crippen LogP contribution in [0.2, 0.25) is 0 Å². The Morgan fingerprint density at radius 3 is 2.61 bits per heavy atom. The highest BCUT2D eigenvalue weighted by atomic mass is 16.6. The maximum Gasteiger partial charge on any atom is 0.342 e. The number of carbonyl (C=O) groups is 1. The first-order valence-electron chi connectivity index (χ1n) is 5.24. The summed E-state index contributed by atoms with van der Waals surface area (Å²) in [6.07, 6.45) is -0.585. The van der Waals surface area contributed by atoms with Crippen LogP contribution in [0.5, 0.6) is 0 Å². The van der Waals surface area contributed by atoms with Gasteiger partial charge in [-0.2, -0.15) is 0 Å². The van der Waals surface area contributed by atoms with Gasteiger partial charge >= 0.3 is 5.97 Å². The number of nitrogens with zero attached hydrogens (tertiary/aromatic N) is 2. The molecule has 0 fully saturated rings. The summed E-state index contributed by atoms with van der Waals surface area (Å²) in [4.78, 5) is 22.5. The first-order chi connectivity index (χ1) is 8.32. The third kappa shape index (κ3) is 3.17. The Labute approximate surface area is 103 Å². The van der Waals surface area contributed by atoms with Crippen LogP contribution in [0.3, 0.4) is 0 Å². The molecule has 18 heavy (non-hydrogen) atoms. The van der Waals surface area contributed by atoms with Crippen LogP contribution < -0.4 is 4.90 Å². The van der Waals surface area contributed by atoms with E-state index in [-0.39, 0.29) is 5.56 Å². The van der Waals surface area contributed by atoms with Crippen LogP contribution >= 0.6 is 0 Å². The maximum absolute atomic E-state index is 11.0. The van der Waals surface area contributed by atoms with E-state index < -0.39 is 22.7 Å². The average Bonchev–Trinajstić information content (AvgIpc) is 2.26. The minimum atomic E-state index is -1.35. The molecule has 0 aromatic heterocycles. The molecular formula is C11H14N2O5. The Morgan fingerprint density at radius 2 is 2.17 bits per heavy atom. The van der Waals surface area contributed by atoms with Gasteiger partial charge in [-0.05, 0) is 19.1 Å². The fourth-order valence-electron chi connectivity index (χ4n) is 1.59. The van der Waals surface area contributed by atoms with Gasteiger partial charge in [0.05, 0.1) is 11.0 Å². The zero-order valence-corrected chi connectivity index (χ0v) is 10.0. The van der Waals surface area contributed by atoms with Gasteiger partial charge in [0.2, 0.25) is 0 Å². The summed E-state index contributed by atoms with van der Waals surface area (Å²) in [7, 11) is 1.67. The van der Waals surface area contributed by atoms with Crippen molar-refractivity contribution < 1.29 is 19.9 Å². The van der Waals surface area contributed by atoms with Crippen molar-refractivity contribution in [3.05, 3.63) is 33.9 Å². The summed E-state index contributed by atoms with van der Waals surface area (Å²) >= 11 is 0. The second-order valence-electron chi connectivity index (χ2n) is 3.99. The van der Waals surface area contributed by atoms with Crippen molar-refractivity contribution in [1.29, 1.82) is 0 Å². The summed E-state index contributed by atoms with van der Waals surface area (Å²) in [5.74, 6) is -1.35. The minimum absolute atomic E-state index is 0.302. The Hall–Kier alpha value is -2.15. The molecule has 0 amide bonds. The number of benzene rings is 1. The molecule has 0 aliphatic heterocycles. The Bertz CT molecular complexity index is 473. The molecular weight excluding hydrogens is 240 g/mol. The number of carboxylic acids is 1. The lowest BCUT2D eigenvalue weighted by molar-refractivity contribution is -0.385. The molecule has 0 saturated carbocycles. The standard InChI is InChI=1S/C11H14N2O5/c1-7(14)6-12(2)8-3-4-10(13(17)18)9(5-8)11(15)16/h3-5,7,14H,6H2,1-2H3,(H,15,16). The molecule has 0 bridgehead atoms. The van der Waals surface area contributed by atoms with Gasteiger partial charge in [-0.25, -0.2) is 4.79 Å². The van der Waals surface area contributed by atoms with E-state index in [4.69, 9.17) is 5.11 Å². The van der Waals surface area contributed by atoms with Gasteiger partial charge in [0, 0.05) is 25.3 Å². The summed E-state index contributed by atoms with van der Waals surface area (Å²) in [5.41, 5.74) is -0.314. The van der Waals surface area contributed by atoms with Crippen molar-refractivity contribution in [1.82, 2.24) is 0 Å². The van der Waals surface area contributed by atoms with Crippen molar-refractivity contribution >= 4 is 17.3 Å². The van der Waals surface area contributed by atoms with Gasteiger partial charge < -0.3 is 15.1 Å². The normalized spacial score (nSPS) is 11.9. The fourth-order valence-corrected chi connectivity index (χ4v) is 1.59. The minimum Gasteiger partial charge on any atom is -0.477 e. The number of aliphatic hydroxyl groups excluding tert-OH is 1. The molecule has 0 saturated heterocycles. The smallest absolute Gasteiger partial charge is 0.342 e. The van der Waals surface area contributed by atoms with Gasteiger partial charge in [0.25, 0.3) is 5.69 Å². The molecule has 1 rings (SSSR count). The topological polar surface area (TPSA) is 104 Å². The number of nitro benzene ring substituents is 1. The molecule has 7 nitrogen and oxygen atoms in total. The number of rotatable bonds is 5. The van der Waals surface area contributed by atoms with E-state index in [1.54, 1.807) is 18.9 Å². The van der Waals surface area contributed by atoms with Gasteiger partial charge in [-0.1, -0.05) is 0 Å². The number of hydrogen-bond acceptors (Lipinski definition) is 5. The SMILES string of the molecule is CC(O)CN(C)c1ccc([N+](=O)[O-])c(C(=O)O)c1. The summed E-state index contributed by atoms with van der Waals surface area (Å²) in [6, 6.07) is 3.83. The van der Waals surface area contributed by atoms with Crippen molar-refractivity contribution in [2.75, 3.05) is 18.5 Å². The zero-order valence-electron chi connectivity index (χ0n) is 10.0. The first kappa shape index (κ1) is 13.9. The molecule has 1 aromatic carbocycles. The third-order valence-electron chi connectivity index (χ3n) is 2.39. The van der Waals surface area contributed by atoms with E-state index in [2.05, 4.69) is 0 Å². The number of likely N-dealkylation sites (N-methyl/N-ethyl adjacent to an activating group) is 1. The molecule has 0 radical (unpaired) electrons. The van der Waals surface area contributed by atoms with Crippen molar-refractivity contribution in [2.45, 2.75) is 13.0 Å². The van der Waals surface area contributed by atoms with E-state index in [0.717, 1.165) is 6.07 Å². The van der Waals surface area contributed by atoms with Crippen molar-refractivity contribution in [2.24, 2.45) is 0 Å². The number of carboxylic acid groups (broad SMARTS) is 1. The van der Waals surface area contributed by atoms with Crippen LogP contribution in [0, 0.1) is 10.1 Å². The Morgan fingerprint density at radius 1 is 1.56 bits per heavy atom. The molecule has 2 N–H and O–H groups in total. The summed E-state index contributed by atoms with van der Waals surface area (Å²) in [6.45, 7) is 1.90. The number of hydrogen-bond donors (Lipinski definition) is 2. The summed E-state index contributed by atoms with van der Waals surface area (Å²) < 4.78 is 0. The molecule has 0 aliphatic rings. The molecule has 0 spiro atoms. The lowest BCUT2D eigenvalue weighted by atomic mass is 10.1. The molecule has 0 aliphatic carbocycles. The van der Waals surface area contributed by atoms with E-state index in [9.17, 15) is 20.0 Å². The molecule has 7 heteroatoms. The quantitative estimate of drug-likeness (QED) is 0.602. The molecule has 1 atom stereocenters. The predicted octanol–water partition coefficient (Wildman–Crippen LogP) is 1.11. The second-order valence-corrected chi connectivity index (χ2v) is 3.99. The highest BCUT2D eigenvalue weighted by Gasteiger charge is 2.20. The maximum atomic E-state index is 11.0. The van der Waals surface area contributed by atoms with Gasteiger partial charge in [-0.15, -0.1) is 0 Å². The monoisotopic (exact) mass is 254 g/mol. The third-order valence-corrected chi connectivity index (χ3v) is 2.39. The van der Waals surface area contributed by atoms with Crippen LogP contribution in [-0.2, 0) is 0 Å². The van der Waals surface area contributed by atoms with Crippen molar-refractivity contribution in [3.8, 4) is 0 Å². The predicted molar refractivity (Wildman–Crippen MR) is 65.0 cm³/mol. The number of nitro groups is 1. The molecule has 1 unspecified atom stereocenters. The van der Waals surface area contributed by atoms with Gasteiger partial charge in [-0.3, -0.25) is 10.1 Å². The van der Waals surface area contributed by atoms with Crippen molar-refractivity contribution in [3.63, 3.8) is 0 Å². The fraction of sp³-hybridized carbons (Fsp3) is 0.364. The van der Waals surface area contributed by atoms with Crippen LogP contribution in [-0.4, -0.2) is 40.8 Å². The average molecular weight is 254 g/mol. The molecule has 0 heterocycles. The van der Waals surface area contributed by atoms with E-state index in [1.807, 2.05) is 0 Å². The van der Waals surface area contributed by atoms with Gasteiger partial charge in [0.1, 0.15) is 5.56 Å². The molecule has 98 valence electrons. The van der Waals surface area contributed by atoms with E-state index in [0.29, 0.717) is 12.2 Å². The number of anilines is 1. The highest BCUT2D eigenvalue weighted by molar-refractivity contribution is 5.93.